The first kappa shape index (κ1) is 19.8. The number of ether oxygens (including phenoxy) is 1. The van der Waals surface area contributed by atoms with Crippen molar-refractivity contribution in [3.63, 3.8) is 0 Å². The molecule has 0 atom stereocenters. The normalized spacial score (nSPS) is 11.2. The van der Waals surface area contributed by atoms with Gasteiger partial charge in [-0.1, -0.05) is 54.6 Å². The van der Waals surface area contributed by atoms with Gasteiger partial charge in [-0.2, -0.15) is 0 Å². The number of fused-ring (bicyclic) bond motifs is 1. The molecule has 0 saturated carbocycles. The molecule has 0 aliphatic carbocycles. The molecule has 0 heterocycles. The van der Waals surface area contributed by atoms with Crippen LogP contribution in [0.25, 0.3) is 10.8 Å². The van der Waals surface area contributed by atoms with Crippen LogP contribution in [-0.2, 0) is 15.8 Å². The highest BCUT2D eigenvalue weighted by Crippen LogP contribution is 2.34. The summed E-state index contributed by atoms with van der Waals surface area (Å²) in [5.41, 5.74) is 2.26. The van der Waals surface area contributed by atoms with Crippen molar-refractivity contribution < 1.29 is 13.2 Å². The van der Waals surface area contributed by atoms with Crippen molar-refractivity contribution in [2.24, 2.45) is 0 Å². The van der Waals surface area contributed by atoms with E-state index in [9.17, 15) is 8.42 Å². The molecule has 0 radical (unpaired) electrons. The molecule has 4 aromatic rings. The van der Waals surface area contributed by atoms with Crippen LogP contribution in [0.4, 0.5) is 11.4 Å². The molecule has 6 heteroatoms. The number of anilines is 2. The summed E-state index contributed by atoms with van der Waals surface area (Å²) in [6, 6.07) is 27.9. The summed E-state index contributed by atoms with van der Waals surface area (Å²) in [6.45, 7) is 0. The molecular formula is C24H22N2O3S. The maximum absolute atomic E-state index is 12.4. The van der Waals surface area contributed by atoms with Crippen molar-refractivity contribution in [3.05, 3.63) is 96.6 Å². The summed E-state index contributed by atoms with van der Waals surface area (Å²) in [7, 11) is -1.60. The second kappa shape index (κ2) is 8.47. The van der Waals surface area contributed by atoms with E-state index in [4.69, 9.17) is 4.74 Å². The van der Waals surface area contributed by atoms with Crippen LogP contribution in [-0.4, -0.2) is 15.5 Å². The minimum atomic E-state index is -3.49. The number of sulfonamides is 1. The van der Waals surface area contributed by atoms with Gasteiger partial charge in [0.15, 0.2) is 0 Å². The third kappa shape index (κ3) is 4.55. The summed E-state index contributed by atoms with van der Waals surface area (Å²) < 4.78 is 33.5. The van der Waals surface area contributed by atoms with Gasteiger partial charge in [0.25, 0.3) is 0 Å². The summed E-state index contributed by atoms with van der Waals surface area (Å²) in [6.07, 6.45) is 0. The highest BCUT2D eigenvalue weighted by atomic mass is 32.2. The molecular weight excluding hydrogens is 396 g/mol. The van der Waals surface area contributed by atoms with Crippen LogP contribution in [0.15, 0.2) is 91.0 Å². The first-order valence-corrected chi connectivity index (χ1v) is 11.2. The van der Waals surface area contributed by atoms with Gasteiger partial charge in [-0.25, -0.2) is 8.42 Å². The molecule has 0 fully saturated rings. The Morgan fingerprint density at radius 3 is 2.13 bits per heavy atom. The van der Waals surface area contributed by atoms with Crippen LogP contribution in [0.1, 0.15) is 5.56 Å². The van der Waals surface area contributed by atoms with Gasteiger partial charge in [-0.15, -0.1) is 0 Å². The Morgan fingerprint density at radius 2 is 1.43 bits per heavy atom. The molecule has 0 unspecified atom stereocenters. The number of rotatable bonds is 7. The minimum absolute atomic E-state index is 0.0735. The van der Waals surface area contributed by atoms with Gasteiger partial charge in [-0.3, -0.25) is 4.72 Å². The summed E-state index contributed by atoms with van der Waals surface area (Å²) in [5.74, 6) is 1.29. The van der Waals surface area contributed by atoms with Crippen molar-refractivity contribution >= 4 is 32.2 Å². The fraction of sp³-hybridized carbons (Fsp3) is 0.0833. The lowest BCUT2D eigenvalue weighted by Crippen LogP contribution is -2.14. The summed E-state index contributed by atoms with van der Waals surface area (Å²) >= 11 is 0. The van der Waals surface area contributed by atoms with Gasteiger partial charge in [0.2, 0.25) is 10.0 Å². The molecule has 152 valence electrons. The van der Waals surface area contributed by atoms with Crippen molar-refractivity contribution in [1.29, 1.82) is 0 Å². The molecule has 4 aromatic carbocycles. The SMILES string of the molecule is CNc1ccc(Oc2ccc(NS(=O)(=O)Cc3ccccc3)cc2)c2ccccc12. The first-order chi connectivity index (χ1) is 14.5. The van der Waals surface area contributed by atoms with Gasteiger partial charge in [0, 0.05) is 29.2 Å². The molecule has 0 bridgehead atoms. The monoisotopic (exact) mass is 418 g/mol. The van der Waals surface area contributed by atoms with E-state index in [2.05, 4.69) is 10.0 Å². The van der Waals surface area contributed by atoms with Crippen LogP contribution in [0.3, 0.4) is 0 Å². The number of benzene rings is 4. The van der Waals surface area contributed by atoms with Crippen molar-refractivity contribution in [2.75, 3.05) is 17.1 Å². The second-order valence-electron chi connectivity index (χ2n) is 6.88. The average Bonchev–Trinajstić information content (AvgIpc) is 2.75. The third-order valence-corrected chi connectivity index (χ3v) is 5.97. The minimum Gasteiger partial charge on any atom is -0.457 e. The fourth-order valence-electron chi connectivity index (χ4n) is 3.31. The van der Waals surface area contributed by atoms with Crippen LogP contribution in [0, 0.1) is 0 Å². The van der Waals surface area contributed by atoms with Crippen LogP contribution >= 0.6 is 0 Å². The Hall–Kier alpha value is -3.51. The van der Waals surface area contributed by atoms with E-state index >= 15 is 0 Å². The van der Waals surface area contributed by atoms with Crippen molar-refractivity contribution in [1.82, 2.24) is 0 Å². The summed E-state index contributed by atoms with van der Waals surface area (Å²) in [4.78, 5) is 0. The molecule has 0 aliphatic heterocycles. The Balaban J connectivity index is 1.50. The number of nitrogens with one attached hydrogen (secondary N) is 2. The first-order valence-electron chi connectivity index (χ1n) is 9.56. The molecule has 5 nitrogen and oxygen atoms in total. The Kier molecular flexibility index (Phi) is 5.59. The third-order valence-electron chi connectivity index (χ3n) is 4.71. The Morgan fingerprint density at radius 1 is 0.767 bits per heavy atom. The largest absolute Gasteiger partial charge is 0.457 e. The maximum atomic E-state index is 12.4. The fourth-order valence-corrected chi connectivity index (χ4v) is 4.50. The summed E-state index contributed by atoms with van der Waals surface area (Å²) in [5, 5.41) is 5.26. The van der Waals surface area contributed by atoms with Crippen molar-refractivity contribution in [2.45, 2.75) is 5.75 Å². The topological polar surface area (TPSA) is 67.4 Å². The van der Waals surface area contributed by atoms with E-state index in [-0.39, 0.29) is 5.75 Å². The van der Waals surface area contributed by atoms with E-state index in [1.54, 1.807) is 36.4 Å². The number of hydrogen-bond acceptors (Lipinski definition) is 4. The predicted molar refractivity (Wildman–Crippen MR) is 123 cm³/mol. The average molecular weight is 419 g/mol. The zero-order valence-electron chi connectivity index (χ0n) is 16.5. The Labute approximate surface area is 176 Å². The second-order valence-corrected chi connectivity index (χ2v) is 8.60. The van der Waals surface area contributed by atoms with Gasteiger partial charge in [0.1, 0.15) is 11.5 Å². The lowest BCUT2D eigenvalue weighted by molar-refractivity contribution is 0.488. The maximum Gasteiger partial charge on any atom is 0.236 e. The van der Waals surface area contributed by atoms with E-state index in [1.165, 1.54) is 0 Å². The zero-order chi connectivity index (χ0) is 21.0. The smallest absolute Gasteiger partial charge is 0.236 e. The molecule has 0 spiro atoms. The molecule has 0 aliphatic rings. The van der Waals surface area contributed by atoms with Crippen LogP contribution in [0.5, 0.6) is 11.5 Å². The zero-order valence-corrected chi connectivity index (χ0v) is 17.3. The molecule has 0 amide bonds. The molecule has 4 rings (SSSR count). The van der Waals surface area contributed by atoms with Gasteiger partial charge < -0.3 is 10.1 Å². The van der Waals surface area contributed by atoms with E-state index in [0.29, 0.717) is 11.4 Å². The van der Waals surface area contributed by atoms with Gasteiger partial charge in [-0.05, 0) is 42.0 Å². The van der Waals surface area contributed by atoms with Gasteiger partial charge in [0.05, 0.1) is 5.75 Å². The molecule has 2 N–H and O–H groups in total. The standard InChI is InChI=1S/C24H22N2O3S/c1-25-23-15-16-24(22-10-6-5-9-21(22)23)29-20-13-11-19(12-14-20)26-30(27,28)17-18-7-3-2-4-8-18/h2-16,25-26H,17H2,1H3. The number of hydrogen-bond donors (Lipinski definition) is 2. The van der Waals surface area contributed by atoms with Crippen LogP contribution in [0.2, 0.25) is 0 Å². The van der Waals surface area contributed by atoms with Gasteiger partial charge >= 0.3 is 0 Å². The van der Waals surface area contributed by atoms with E-state index in [0.717, 1.165) is 27.8 Å². The van der Waals surface area contributed by atoms with E-state index < -0.39 is 10.0 Å². The molecule has 30 heavy (non-hydrogen) atoms. The Bertz CT molecular complexity index is 1250. The lowest BCUT2D eigenvalue weighted by Gasteiger charge is -2.13. The predicted octanol–water partition coefficient (Wildman–Crippen LogP) is 5.62. The van der Waals surface area contributed by atoms with E-state index in [1.807, 2.05) is 61.6 Å². The highest BCUT2D eigenvalue weighted by Gasteiger charge is 2.12. The molecule has 0 aromatic heterocycles. The lowest BCUT2D eigenvalue weighted by atomic mass is 10.1. The van der Waals surface area contributed by atoms with Crippen LogP contribution < -0.4 is 14.8 Å². The van der Waals surface area contributed by atoms with Crippen molar-refractivity contribution in [3.8, 4) is 11.5 Å². The molecule has 0 saturated heterocycles. The quantitative estimate of drug-likeness (QED) is 0.409. The highest BCUT2D eigenvalue weighted by molar-refractivity contribution is 7.91.